The van der Waals surface area contributed by atoms with Crippen LogP contribution < -0.4 is 0 Å². The molecule has 1 spiro atoms. The summed E-state index contributed by atoms with van der Waals surface area (Å²) in [5.41, 5.74) is 0.0832. The minimum Gasteiger partial charge on any atom is -0.385 e. The number of morpholine rings is 1. The molecule has 0 bridgehead atoms. The number of amides is 2. The van der Waals surface area contributed by atoms with Gasteiger partial charge < -0.3 is 19.3 Å². The van der Waals surface area contributed by atoms with E-state index in [2.05, 4.69) is 4.90 Å². The fourth-order valence-corrected chi connectivity index (χ4v) is 4.20. The maximum absolute atomic E-state index is 12.5. The highest BCUT2D eigenvalue weighted by Gasteiger charge is 2.45. The molecule has 7 nitrogen and oxygen atoms in total. The average molecular weight is 353 g/mol. The lowest BCUT2D eigenvalue weighted by atomic mass is 9.77. The predicted octanol–water partition coefficient (Wildman–Crippen LogP) is 0.196. The molecule has 3 heterocycles. The Balaban J connectivity index is 1.44. The molecular weight excluding hydrogens is 322 g/mol. The second kappa shape index (κ2) is 8.47. The molecule has 0 aromatic carbocycles. The highest BCUT2D eigenvalue weighted by molar-refractivity contribution is 5.80. The molecule has 0 aromatic rings. The first kappa shape index (κ1) is 18.6. The summed E-state index contributed by atoms with van der Waals surface area (Å²) in [5, 5.41) is 0. The Hall–Kier alpha value is -1.18. The Morgan fingerprint density at radius 1 is 1.20 bits per heavy atom. The van der Waals surface area contributed by atoms with E-state index in [1.807, 2.05) is 9.80 Å². The van der Waals surface area contributed by atoms with Crippen molar-refractivity contribution < 1.29 is 19.1 Å². The number of piperidine rings is 1. The van der Waals surface area contributed by atoms with Crippen LogP contribution in [0.4, 0.5) is 0 Å². The van der Waals surface area contributed by atoms with Crippen molar-refractivity contribution in [3.8, 4) is 0 Å². The maximum Gasteiger partial charge on any atom is 0.236 e. The molecule has 3 fully saturated rings. The van der Waals surface area contributed by atoms with E-state index >= 15 is 0 Å². The Morgan fingerprint density at radius 2 is 1.92 bits per heavy atom. The molecule has 7 heteroatoms. The largest absolute Gasteiger partial charge is 0.385 e. The van der Waals surface area contributed by atoms with Crippen molar-refractivity contribution in [3.63, 3.8) is 0 Å². The number of ether oxygens (including phenoxy) is 2. The molecule has 25 heavy (non-hydrogen) atoms. The third kappa shape index (κ3) is 4.71. The first-order valence-electron chi connectivity index (χ1n) is 9.46. The van der Waals surface area contributed by atoms with Crippen LogP contribution in [0.1, 0.15) is 25.7 Å². The van der Waals surface area contributed by atoms with Gasteiger partial charge in [-0.05, 0) is 19.3 Å². The SMILES string of the molecule is COCCCN1CC2(CCN(C(=O)CN3CCOCC3)CC2)CC1=O. The lowest BCUT2D eigenvalue weighted by molar-refractivity contribution is -0.135. The quantitative estimate of drug-likeness (QED) is 0.638. The number of carbonyl (C=O) groups excluding carboxylic acids is 2. The van der Waals surface area contributed by atoms with Crippen molar-refractivity contribution in [2.75, 3.05) is 72.7 Å². The van der Waals surface area contributed by atoms with E-state index in [1.165, 1.54) is 0 Å². The zero-order valence-electron chi connectivity index (χ0n) is 15.4. The van der Waals surface area contributed by atoms with Crippen molar-refractivity contribution >= 4 is 11.8 Å². The Labute approximate surface area is 150 Å². The molecule has 3 aliphatic heterocycles. The summed E-state index contributed by atoms with van der Waals surface area (Å²) in [6.45, 7) is 7.51. The first-order chi connectivity index (χ1) is 12.1. The summed E-state index contributed by atoms with van der Waals surface area (Å²) in [5.74, 6) is 0.488. The van der Waals surface area contributed by atoms with E-state index in [0.717, 1.165) is 71.7 Å². The molecule has 0 aliphatic carbocycles. The van der Waals surface area contributed by atoms with Gasteiger partial charge in [-0.15, -0.1) is 0 Å². The number of rotatable bonds is 6. The van der Waals surface area contributed by atoms with Gasteiger partial charge in [0, 0.05) is 64.8 Å². The van der Waals surface area contributed by atoms with Gasteiger partial charge in [-0.3, -0.25) is 14.5 Å². The number of likely N-dealkylation sites (tertiary alicyclic amines) is 2. The second-order valence-corrected chi connectivity index (χ2v) is 7.61. The third-order valence-electron chi connectivity index (χ3n) is 5.82. The van der Waals surface area contributed by atoms with Gasteiger partial charge in [-0.1, -0.05) is 0 Å². The van der Waals surface area contributed by atoms with Crippen LogP contribution in [0, 0.1) is 5.41 Å². The highest BCUT2D eigenvalue weighted by Crippen LogP contribution is 2.41. The van der Waals surface area contributed by atoms with Gasteiger partial charge in [-0.2, -0.15) is 0 Å². The fourth-order valence-electron chi connectivity index (χ4n) is 4.20. The van der Waals surface area contributed by atoms with Gasteiger partial charge in [0.1, 0.15) is 0 Å². The molecule has 3 saturated heterocycles. The summed E-state index contributed by atoms with van der Waals surface area (Å²) in [6.07, 6.45) is 3.41. The lowest BCUT2D eigenvalue weighted by Gasteiger charge is -2.39. The monoisotopic (exact) mass is 353 g/mol. The molecule has 0 unspecified atom stereocenters. The van der Waals surface area contributed by atoms with E-state index in [-0.39, 0.29) is 17.2 Å². The van der Waals surface area contributed by atoms with Crippen LogP contribution in [0.2, 0.25) is 0 Å². The van der Waals surface area contributed by atoms with Gasteiger partial charge in [0.15, 0.2) is 0 Å². The zero-order valence-corrected chi connectivity index (χ0v) is 15.4. The molecule has 0 N–H and O–H groups in total. The molecule has 2 amide bonds. The van der Waals surface area contributed by atoms with Crippen molar-refractivity contribution in [2.45, 2.75) is 25.7 Å². The zero-order chi connectivity index (χ0) is 17.7. The van der Waals surface area contributed by atoms with E-state index in [0.29, 0.717) is 19.6 Å². The van der Waals surface area contributed by atoms with Crippen LogP contribution >= 0.6 is 0 Å². The summed E-state index contributed by atoms with van der Waals surface area (Å²) in [4.78, 5) is 31.0. The second-order valence-electron chi connectivity index (χ2n) is 7.61. The topological polar surface area (TPSA) is 62.3 Å². The smallest absolute Gasteiger partial charge is 0.236 e. The standard InChI is InChI=1S/C18H31N3O4/c1-24-10-2-5-21-15-18(13-16(21)22)3-6-20(7-4-18)17(23)14-19-8-11-25-12-9-19/h2-15H2,1H3. The molecule has 3 aliphatic rings. The predicted molar refractivity (Wildman–Crippen MR) is 93.2 cm³/mol. The molecule has 0 saturated carbocycles. The fraction of sp³-hybridized carbons (Fsp3) is 0.889. The van der Waals surface area contributed by atoms with E-state index in [9.17, 15) is 9.59 Å². The van der Waals surface area contributed by atoms with Crippen LogP contribution in [0.25, 0.3) is 0 Å². The Morgan fingerprint density at radius 3 is 2.60 bits per heavy atom. The van der Waals surface area contributed by atoms with Crippen LogP contribution in [-0.4, -0.2) is 99.3 Å². The molecular formula is C18H31N3O4. The normalized spacial score (nSPS) is 24.3. The lowest BCUT2D eigenvalue weighted by Crippen LogP contribution is -2.49. The molecule has 142 valence electrons. The molecule has 0 aromatic heterocycles. The third-order valence-corrected chi connectivity index (χ3v) is 5.82. The number of hydrogen-bond donors (Lipinski definition) is 0. The number of hydrogen-bond acceptors (Lipinski definition) is 5. The average Bonchev–Trinajstić information content (AvgIpc) is 2.92. The van der Waals surface area contributed by atoms with Crippen LogP contribution in [-0.2, 0) is 19.1 Å². The van der Waals surface area contributed by atoms with Crippen molar-refractivity contribution in [1.29, 1.82) is 0 Å². The summed E-state index contributed by atoms with van der Waals surface area (Å²) >= 11 is 0. The van der Waals surface area contributed by atoms with Crippen molar-refractivity contribution in [3.05, 3.63) is 0 Å². The summed E-state index contributed by atoms with van der Waals surface area (Å²) < 4.78 is 10.4. The summed E-state index contributed by atoms with van der Waals surface area (Å²) in [7, 11) is 1.69. The minimum atomic E-state index is 0.0832. The minimum absolute atomic E-state index is 0.0832. The molecule has 3 rings (SSSR count). The Kier molecular flexibility index (Phi) is 6.30. The highest BCUT2D eigenvalue weighted by atomic mass is 16.5. The first-order valence-corrected chi connectivity index (χ1v) is 9.46. The van der Waals surface area contributed by atoms with Crippen LogP contribution in [0.3, 0.4) is 0 Å². The van der Waals surface area contributed by atoms with Gasteiger partial charge >= 0.3 is 0 Å². The van der Waals surface area contributed by atoms with Crippen molar-refractivity contribution in [1.82, 2.24) is 14.7 Å². The number of nitrogens with zero attached hydrogens (tertiary/aromatic N) is 3. The van der Waals surface area contributed by atoms with Gasteiger partial charge in [0.05, 0.1) is 19.8 Å². The van der Waals surface area contributed by atoms with Crippen LogP contribution in [0.15, 0.2) is 0 Å². The Bertz CT molecular complexity index is 471. The number of carbonyl (C=O) groups is 2. The summed E-state index contributed by atoms with van der Waals surface area (Å²) in [6, 6.07) is 0. The van der Waals surface area contributed by atoms with Crippen molar-refractivity contribution in [2.24, 2.45) is 5.41 Å². The number of methoxy groups -OCH3 is 1. The molecule has 0 radical (unpaired) electrons. The van der Waals surface area contributed by atoms with E-state index < -0.39 is 0 Å². The van der Waals surface area contributed by atoms with E-state index in [1.54, 1.807) is 7.11 Å². The van der Waals surface area contributed by atoms with E-state index in [4.69, 9.17) is 9.47 Å². The van der Waals surface area contributed by atoms with Gasteiger partial charge in [0.25, 0.3) is 0 Å². The maximum atomic E-state index is 12.5. The van der Waals surface area contributed by atoms with Crippen LogP contribution in [0.5, 0.6) is 0 Å². The molecule has 0 atom stereocenters. The van der Waals surface area contributed by atoms with Gasteiger partial charge in [-0.25, -0.2) is 0 Å². The van der Waals surface area contributed by atoms with Gasteiger partial charge in [0.2, 0.25) is 11.8 Å².